The number of anilines is 1. The lowest BCUT2D eigenvalue weighted by molar-refractivity contribution is -0.142. The molecule has 2 amide bonds. The quantitative estimate of drug-likeness (QED) is 0.462. The second kappa shape index (κ2) is 10.5. The lowest BCUT2D eigenvalue weighted by Crippen LogP contribution is -2.47. The number of rotatable bonds is 6. The molecule has 0 atom stereocenters. The zero-order chi connectivity index (χ0) is 24.1. The minimum Gasteiger partial charge on any atom is -0.342 e. The first-order valence-electron chi connectivity index (χ1n) is 12.0. The average molecular weight is 476 g/mol. The number of carbonyl (C=O) groups is 2. The summed E-state index contributed by atoms with van der Waals surface area (Å²) in [6, 6.07) is 20.3. The molecular formula is C28H33N3O2S. The summed E-state index contributed by atoms with van der Waals surface area (Å²) in [6.07, 6.45) is 2.16. The van der Waals surface area contributed by atoms with Gasteiger partial charge in [0, 0.05) is 41.9 Å². The Morgan fingerprint density at radius 1 is 1.00 bits per heavy atom. The van der Waals surface area contributed by atoms with Crippen molar-refractivity contribution >= 4 is 28.3 Å². The summed E-state index contributed by atoms with van der Waals surface area (Å²) >= 11 is 1.52. The number of thiazole rings is 1. The average Bonchev–Trinajstić information content (AvgIpc) is 3.34. The summed E-state index contributed by atoms with van der Waals surface area (Å²) < 4.78 is 0. The van der Waals surface area contributed by atoms with Crippen LogP contribution in [0.15, 0.2) is 66.0 Å². The molecule has 0 unspecified atom stereocenters. The topological polar surface area (TPSA) is 53.5 Å². The maximum atomic E-state index is 13.7. The van der Waals surface area contributed by atoms with Crippen molar-refractivity contribution in [1.29, 1.82) is 0 Å². The van der Waals surface area contributed by atoms with E-state index in [-0.39, 0.29) is 17.7 Å². The van der Waals surface area contributed by atoms with E-state index in [1.165, 1.54) is 16.9 Å². The monoisotopic (exact) mass is 475 g/mol. The maximum Gasteiger partial charge on any atom is 0.232 e. The number of hydrogen-bond donors (Lipinski definition) is 0. The van der Waals surface area contributed by atoms with Gasteiger partial charge in [0.2, 0.25) is 11.8 Å². The van der Waals surface area contributed by atoms with Crippen molar-refractivity contribution in [3.63, 3.8) is 0 Å². The molecule has 0 bridgehead atoms. The van der Waals surface area contributed by atoms with Crippen LogP contribution in [0.5, 0.6) is 0 Å². The Balaban J connectivity index is 1.51. The molecule has 1 aliphatic heterocycles. The fourth-order valence-electron chi connectivity index (χ4n) is 4.34. The van der Waals surface area contributed by atoms with Crippen molar-refractivity contribution in [2.45, 2.75) is 40.0 Å². The third-order valence-electron chi connectivity index (χ3n) is 6.30. The number of carbonyl (C=O) groups excluding carboxylic acids is 2. The van der Waals surface area contributed by atoms with Crippen LogP contribution in [0.25, 0.3) is 11.3 Å². The van der Waals surface area contributed by atoms with Crippen molar-refractivity contribution in [2.75, 3.05) is 24.5 Å². The van der Waals surface area contributed by atoms with Gasteiger partial charge in [-0.05, 0) is 24.8 Å². The zero-order valence-corrected chi connectivity index (χ0v) is 21.1. The molecular weight excluding hydrogens is 442 g/mol. The fraction of sp³-hybridized carbons (Fsp3) is 0.393. The van der Waals surface area contributed by atoms with Gasteiger partial charge < -0.3 is 4.90 Å². The van der Waals surface area contributed by atoms with E-state index in [2.05, 4.69) is 12.1 Å². The molecule has 5 nitrogen and oxygen atoms in total. The van der Waals surface area contributed by atoms with Gasteiger partial charge in [-0.25, -0.2) is 4.98 Å². The molecule has 1 saturated heterocycles. The van der Waals surface area contributed by atoms with E-state index in [9.17, 15) is 9.59 Å². The molecule has 2 aromatic carbocycles. The third kappa shape index (κ3) is 5.73. The smallest absolute Gasteiger partial charge is 0.232 e. The predicted molar refractivity (Wildman–Crippen MR) is 139 cm³/mol. The van der Waals surface area contributed by atoms with Crippen LogP contribution in [0, 0.1) is 11.3 Å². The number of amides is 2. The Morgan fingerprint density at radius 3 is 2.24 bits per heavy atom. The molecule has 6 heteroatoms. The first-order chi connectivity index (χ1) is 16.3. The molecule has 178 valence electrons. The highest BCUT2D eigenvalue weighted by molar-refractivity contribution is 7.14. The molecule has 4 rings (SSSR count). The van der Waals surface area contributed by atoms with E-state index in [1.54, 1.807) is 0 Å². The summed E-state index contributed by atoms with van der Waals surface area (Å²) in [4.78, 5) is 35.0. The van der Waals surface area contributed by atoms with Crippen molar-refractivity contribution in [3.05, 3.63) is 71.6 Å². The van der Waals surface area contributed by atoms with Gasteiger partial charge >= 0.3 is 0 Å². The molecule has 2 heterocycles. The second-order valence-corrected chi connectivity index (χ2v) is 10.8. The van der Waals surface area contributed by atoms with Crippen molar-refractivity contribution in [3.8, 4) is 11.3 Å². The van der Waals surface area contributed by atoms with Crippen molar-refractivity contribution in [2.24, 2.45) is 11.3 Å². The van der Waals surface area contributed by atoms with Gasteiger partial charge in [0.15, 0.2) is 5.13 Å². The molecule has 1 aromatic heterocycles. The molecule has 3 aromatic rings. The van der Waals surface area contributed by atoms with E-state index >= 15 is 0 Å². The highest BCUT2D eigenvalue weighted by Gasteiger charge is 2.34. The minimum absolute atomic E-state index is 0.0936. The molecule has 0 radical (unpaired) electrons. The van der Waals surface area contributed by atoms with Gasteiger partial charge in [0.05, 0.1) is 5.69 Å². The number of aromatic nitrogens is 1. The summed E-state index contributed by atoms with van der Waals surface area (Å²) in [6.45, 7) is 7.70. The Morgan fingerprint density at radius 2 is 1.62 bits per heavy atom. The Bertz CT molecular complexity index is 1100. The summed E-state index contributed by atoms with van der Waals surface area (Å²) in [5, 5.41) is 2.77. The Kier molecular flexibility index (Phi) is 7.47. The van der Waals surface area contributed by atoms with E-state index in [0.29, 0.717) is 32.5 Å². The van der Waals surface area contributed by atoms with Crippen LogP contribution in [-0.2, 0) is 16.0 Å². The van der Waals surface area contributed by atoms with Gasteiger partial charge in [0.1, 0.15) is 0 Å². The van der Waals surface area contributed by atoms with E-state index in [4.69, 9.17) is 4.98 Å². The maximum absolute atomic E-state index is 13.7. The minimum atomic E-state index is -0.396. The zero-order valence-electron chi connectivity index (χ0n) is 20.2. The van der Waals surface area contributed by atoms with Crippen LogP contribution in [0.1, 0.15) is 39.2 Å². The molecule has 0 saturated carbocycles. The standard InChI is InChI=1S/C28H33N3O2S/c1-28(2,3)26(33)30-17-15-23(16-18-30)25(32)31(19-14-21-10-6-4-7-11-21)27-29-24(20-34-27)22-12-8-5-9-13-22/h4-13,20,23H,14-19H2,1-3H3. The second-order valence-electron chi connectivity index (χ2n) is 9.92. The number of piperidine rings is 1. The van der Waals surface area contributed by atoms with E-state index in [0.717, 1.165) is 22.8 Å². The molecule has 34 heavy (non-hydrogen) atoms. The number of likely N-dealkylation sites (tertiary alicyclic amines) is 1. The van der Waals surface area contributed by atoms with Gasteiger partial charge in [-0.3, -0.25) is 14.5 Å². The lowest BCUT2D eigenvalue weighted by Gasteiger charge is -2.36. The highest BCUT2D eigenvalue weighted by Crippen LogP contribution is 2.31. The van der Waals surface area contributed by atoms with Crippen LogP contribution in [-0.4, -0.2) is 41.3 Å². The molecule has 1 aliphatic rings. The normalized spacial score (nSPS) is 14.7. The number of hydrogen-bond acceptors (Lipinski definition) is 4. The first kappa shape index (κ1) is 24.1. The van der Waals surface area contributed by atoms with Crippen LogP contribution < -0.4 is 4.90 Å². The van der Waals surface area contributed by atoms with Crippen molar-refractivity contribution < 1.29 is 9.59 Å². The lowest BCUT2D eigenvalue weighted by atomic mass is 9.90. The summed E-state index contributed by atoms with van der Waals surface area (Å²) in [5.41, 5.74) is 2.75. The first-order valence-corrected chi connectivity index (χ1v) is 12.9. The summed E-state index contributed by atoms with van der Waals surface area (Å²) in [5.74, 6) is 0.184. The predicted octanol–water partition coefficient (Wildman–Crippen LogP) is 5.67. The Labute approximate surface area is 206 Å². The van der Waals surface area contributed by atoms with Gasteiger partial charge in [0.25, 0.3) is 0 Å². The van der Waals surface area contributed by atoms with Crippen LogP contribution in [0.3, 0.4) is 0 Å². The van der Waals surface area contributed by atoms with Gasteiger partial charge in [-0.1, -0.05) is 81.4 Å². The third-order valence-corrected chi connectivity index (χ3v) is 7.16. The molecule has 0 N–H and O–H groups in total. The van der Waals surface area contributed by atoms with E-state index in [1.807, 2.05) is 84.5 Å². The van der Waals surface area contributed by atoms with Crippen LogP contribution in [0.4, 0.5) is 5.13 Å². The Hall–Kier alpha value is -2.99. The van der Waals surface area contributed by atoms with Crippen molar-refractivity contribution in [1.82, 2.24) is 9.88 Å². The number of nitrogens with zero attached hydrogens (tertiary/aromatic N) is 3. The van der Waals surface area contributed by atoms with Crippen LogP contribution >= 0.6 is 11.3 Å². The summed E-state index contributed by atoms with van der Waals surface area (Å²) in [7, 11) is 0. The largest absolute Gasteiger partial charge is 0.342 e. The molecule has 0 aliphatic carbocycles. The van der Waals surface area contributed by atoms with Crippen LogP contribution in [0.2, 0.25) is 0 Å². The van der Waals surface area contributed by atoms with Gasteiger partial charge in [-0.15, -0.1) is 11.3 Å². The molecule has 1 fully saturated rings. The highest BCUT2D eigenvalue weighted by atomic mass is 32.1. The fourth-order valence-corrected chi connectivity index (χ4v) is 5.21. The number of benzene rings is 2. The van der Waals surface area contributed by atoms with E-state index < -0.39 is 5.41 Å². The molecule has 0 spiro atoms. The SMILES string of the molecule is CC(C)(C)C(=O)N1CCC(C(=O)N(CCc2ccccc2)c2nc(-c3ccccc3)cs2)CC1. The van der Waals surface area contributed by atoms with Gasteiger partial charge in [-0.2, -0.15) is 0 Å².